The first-order valence-electron chi connectivity index (χ1n) is 8.51. The van der Waals surface area contributed by atoms with Crippen molar-refractivity contribution in [2.75, 3.05) is 6.54 Å². The molecule has 7 heteroatoms. The van der Waals surface area contributed by atoms with Gasteiger partial charge in [0.25, 0.3) is 0 Å². The summed E-state index contributed by atoms with van der Waals surface area (Å²) in [5.41, 5.74) is 1.67. The summed E-state index contributed by atoms with van der Waals surface area (Å²) >= 11 is 1.55. The van der Waals surface area contributed by atoms with Crippen molar-refractivity contribution in [1.29, 1.82) is 0 Å². The van der Waals surface area contributed by atoms with Crippen molar-refractivity contribution < 1.29 is 9.32 Å². The van der Waals surface area contributed by atoms with Crippen molar-refractivity contribution in [3.8, 4) is 10.6 Å². The Hall–Kier alpha value is -2.54. The Morgan fingerprint density at radius 3 is 2.65 bits per heavy atom. The van der Waals surface area contributed by atoms with Gasteiger partial charge in [0.2, 0.25) is 11.8 Å². The van der Waals surface area contributed by atoms with Gasteiger partial charge in [-0.15, -0.1) is 11.3 Å². The van der Waals surface area contributed by atoms with Crippen molar-refractivity contribution in [2.45, 2.75) is 39.0 Å². The predicted molar refractivity (Wildman–Crippen MR) is 101 cm³/mol. The summed E-state index contributed by atoms with van der Waals surface area (Å²) in [6.45, 7) is 6.52. The Morgan fingerprint density at radius 2 is 1.96 bits per heavy atom. The summed E-state index contributed by atoms with van der Waals surface area (Å²) in [5, 5.41) is 9.69. The maximum Gasteiger partial charge on any atom is 0.232 e. The number of thiazole rings is 1. The molecule has 3 aromatic rings. The van der Waals surface area contributed by atoms with Crippen molar-refractivity contribution in [3.05, 3.63) is 53.1 Å². The number of nitrogens with one attached hydrogen (secondary N) is 1. The van der Waals surface area contributed by atoms with Crippen LogP contribution in [0.5, 0.6) is 0 Å². The summed E-state index contributed by atoms with van der Waals surface area (Å²) in [5.74, 6) is 1.15. The summed E-state index contributed by atoms with van der Waals surface area (Å²) in [6, 6.07) is 9.96. The average molecular weight is 370 g/mol. The number of hydrogen-bond donors (Lipinski definition) is 1. The molecule has 0 radical (unpaired) electrons. The Balaban J connectivity index is 1.47. The molecule has 0 aliphatic heterocycles. The number of hydrogen-bond acceptors (Lipinski definition) is 6. The van der Waals surface area contributed by atoms with E-state index in [9.17, 15) is 4.79 Å². The lowest BCUT2D eigenvalue weighted by Gasteiger charge is -2.10. The lowest BCUT2D eigenvalue weighted by molar-refractivity contribution is -0.120. The van der Waals surface area contributed by atoms with Gasteiger partial charge in [-0.3, -0.25) is 4.79 Å². The van der Waals surface area contributed by atoms with Gasteiger partial charge in [0.15, 0.2) is 5.82 Å². The second-order valence-electron chi connectivity index (χ2n) is 7.05. The molecule has 26 heavy (non-hydrogen) atoms. The van der Waals surface area contributed by atoms with E-state index in [0.717, 1.165) is 16.3 Å². The number of carbonyl (C=O) groups excluding carboxylic acids is 1. The summed E-state index contributed by atoms with van der Waals surface area (Å²) in [6.07, 6.45) is 0.806. The van der Waals surface area contributed by atoms with E-state index < -0.39 is 0 Å². The van der Waals surface area contributed by atoms with Crippen LogP contribution in [0.4, 0.5) is 0 Å². The lowest BCUT2D eigenvalue weighted by Crippen LogP contribution is -2.27. The normalized spacial score (nSPS) is 11.5. The molecule has 3 rings (SSSR count). The van der Waals surface area contributed by atoms with Crippen LogP contribution in [0.25, 0.3) is 10.6 Å². The number of rotatable bonds is 6. The van der Waals surface area contributed by atoms with E-state index in [-0.39, 0.29) is 17.7 Å². The van der Waals surface area contributed by atoms with Gasteiger partial charge in [-0.1, -0.05) is 56.3 Å². The third-order valence-electron chi connectivity index (χ3n) is 3.69. The van der Waals surface area contributed by atoms with Crippen LogP contribution in [-0.4, -0.2) is 27.6 Å². The number of carbonyl (C=O) groups is 1. The highest BCUT2D eigenvalue weighted by Gasteiger charge is 2.21. The van der Waals surface area contributed by atoms with Crippen LogP contribution in [0.2, 0.25) is 0 Å². The fraction of sp³-hybridized carbons (Fsp3) is 0.368. The number of aromatic nitrogens is 3. The number of benzene rings is 1. The second kappa shape index (κ2) is 7.78. The zero-order valence-electron chi connectivity index (χ0n) is 15.2. The molecule has 2 aromatic heterocycles. The SMILES string of the molecule is CC(C)(C)c1nc(CCNC(=O)Cc2csc(-c3ccccc3)n2)no1. The molecule has 0 aliphatic carbocycles. The fourth-order valence-corrected chi connectivity index (χ4v) is 3.13. The molecular formula is C19H22N4O2S. The van der Waals surface area contributed by atoms with E-state index in [1.54, 1.807) is 11.3 Å². The van der Waals surface area contributed by atoms with Gasteiger partial charge in [0, 0.05) is 29.3 Å². The minimum atomic E-state index is -0.171. The van der Waals surface area contributed by atoms with Gasteiger partial charge >= 0.3 is 0 Å². The van der Waals surface area contributed by atoms with Crippen LogP contribution in [0.3, 0.4) is 0 Å². The van der Waals surface area contributed by atoms with Gasteiger partial charge in [-0.25, -0.2) is 4.98 Å². The molecule has 0 atom stereocenters. The first-order chi connectivity index (χ1) is 12.4. The maximum absolute atomic E-state index is 12.1. The van der Waals surface area contributed by atoms with Crippen molar-refractivity contribution >= 4 is 17.2 Å². The molecule has 0 saturated heterocycles. The molecule has 6 nitrogen and oxygen atoms in total. The van der Waals surface area contributed by atoms with E-state index in [0.29, 0.717) is 24.7 Å². The molecule has 0 aliphatic rings. The van der Waals surface area contributed by atoms with Crippen molar-refractivity contribution in [3.63, 3.8) is 0 Å². The molecule has 2 heterocycles. The molecule has 0 spiro atoms. The van der Waals surface area contributed by atoms with E-state index in [2.05, 4.69) is 20.4 Å². The molecule has 136 valence electrons. The minimum absolute atomic E-state index is 0.0607. The van der Waals surface area contributed by atoms with Gasteiger partial charge in [0.1, 0.15) is 5.01 Å². The largest absolute Gasteiger partial charge is 0.355 e. The standard InChI is InChI=1S/C19H22N4O2S/c1-19(2,3)18-22-15(23-25-18)9-10-20-16(24)11-14-12-26-17(21-14)13-7-5-4-6-8-13/h4-8,12H,9-11H2,1-3H3,(H,20,24). The van der Waals surface area contributed by atoms with E-state index in [1.165, 1.54) is 0 Å². The minimum Gasteiger partial charge on any atom is -0.355 e. The maximum atomic E-state index is 12.1. The predicted octanol–water partition coefficient (Wildman–Crippen LogP) is 3.39. The Labute approximate surface area is 156 Å². The summed E-state index contributed by atoms with van der Waals surface area (Å²) in [7, 11) is 0. The molecule has 0 unspecified atom stereocenters. The van der Waals surface area contributed by atoms with Crippen LogP contribution in [0.1, 0.15) is 38.2 Å². The second-order valence-corrected chi connectivity index (χ2v) is 7.91. The van der Waals surface area contributed by atoms with E-state index in [4.69, 9.17) is 4.52 Å². The molecule has 0 fully saturated rings. The molecule has 1 amide bonds. The highest BCUT2D eigenvalue weighted by Crippen LogP contribution is 2.23. The lowest BCUT2D eigenvalue weighted by atomic mass is 9.97. The molecule has 1 N–H and O–H groups in total. The average Bonchev–Trinajstić information content (AvgIpc) is 3.25. The topological polar surface area (TPSA) is 80.9 Å². The van der Waals surface area contributed by atoms with Crippen LogP contribution in [-0.2, 0) is 23.1 Å². The molecule has 1 aromatic carbocycles. The van der Waals surface area contributed by atoms with Gasteiger partial charge in [0.05, 0.1) is 12.1 Å². The Morgan fingerprint density at radius 1 is 1.19 bits per heavy atom. The van der Waals surface area contributed by atoms with Crippen molar-refractivity contribution in [1.82, 2.24) is 20.4 Å². The van der Waals surface area contributed by atoms with E-state index in [1.807, 2.05) is 56.5 Å². The van der Waals surface area contributed by atoms with Gasteiger partial charge in [-0.2, -0.15) is 4.98 Å². The van der Waals surface area contributed by atoms with Gasteiger partial charge in [-0.05, 0) is 0 Å². The monoisotopic (exact) mass is 370 g/mol. The van der Waals surface area contributed by atoms with Crippen LogP contribution in [0.15, 0.2) is 40.2 Å². The molecule has 0 saturated carbocycles. The summed E-state index contributed by atoms with van der Waals surface area (Å²) < 4.78 is 5.24. The third-order valence-corrected chi connectivity index (χ3v) is 4.63. The third kappa shape index (κ3) is 4.76. The molecule has 0 bridgehead atoms. The molecular weight excluding hydrogens is 348 g/mol. The van der Waals surface area contributed by atoms with Gasteiger partial charge < -0.3 is 9.84 Å². The van der Waals surface area contributed by atoms with Crippen LogP contribution >= 0.6 is 11.3 Å². The Bertz CT molecular complexity index is 865. The van der Waals surface area contributed by atoms with Crippen LogP contribution in [0, 0.1) is 0 Å². The summed E-state index contributed by atoms with van der Waals surface area (Å²) in [4.78, 5) is 21.0. The zero-order valence-corrected chi connectivity index (χ0v) is 16.0. The quantitative estimate of drug-likeness (QED) is 0.719. The number of nitrogens with zero attached hydrogens (tertiary/aromatic N) is 3. The van der Waals surface area contributed by atoms with Crippen LogP contribution < -0.4 is 5.32 Å². The van der Waals surface area contributed by atoms with E-state index >= 15 is 0 Å². The first kappa shape index (κ1) is 18.3. The Kier molecular flexibility index (Phi) is 5.46. The smallest absolute Gasteiger partial charge is 0.232 e. The van der Waals surface area contributed by atoms with Crippen molar-refractivity contribution in [2.24, 2.45) is 0 Å². The first-order valence-corrected chi connectivity index (χ1v) is 9.39. The highest BCUT2D eigenvalue weighted by atomic mass is 32.1. The highest BCUT2D eigenvalue weighted by molar-refractivity contribution is 7.13. The number of amides is 1. The zero-order chi connectivity index (χ0) is 18.6. The fourth-order valence-electron chi connectivity index (χ4n) is 2.30.